The summed E-state index contributed by atoms with van der Waals surface area (Å²) in [6.45, 7) is 2.20. The van der Waals surface area contributed by atoms with Crippen LogP contribution in [0, 0.1) is 5.82 Å². The quantitative estimate of drug-likeness (QED) is 0.288. The lowest BCUT2D eigenvalue weighted by Gasteiger charge is -2.18. The molecule has 36 heavy (non-hydrogen) atoms. The summed E-state index contributed by atoms with van der Waals surface area (Å²) in [4.78, 5) is 17.9. The molecule has 0 aliphatic rings. The van der Waals surface area contributed by atoms with Crippen molar-refractivity contribution in [2.75, 3.05) is 20.8 Å². The van der Waals surface area contributed by atoms with E-state index in [0.717, 1.165) is 5.56 Å². The Morgan fingerprint density at radius 1 is 1.06 bits per heavy atom. The maximum absolute atomic E-state index is 14.4. The van der Waals surface area contributed by atoms with E-state index in [1.807, 2.05) is 18.2 Å². The lowest BCUT2D eigenvalue weighted by molar-refractivity contribution is -0.123. The Morgan fingerprint density at radius 3 is 2.50 bits per heavy atom. The van der Waals surface area contributed by atoms with Gasteiger partial charge >= 0.3 is 0 Å². The summed E-state index contributed by atoms with van der Waals surface area (Å²) in [5.41, 5.74) is 2.71. The number of rotatable bonds is 9. The van der Waals surface area contributed by atoms with Crippen molar-refractivity contribution in [3.8, 4) is 11.5 Å². The van der Waals surface area contributed by atoms with Crippen LogP contribution in [0.25, 0.3) is 11.0 Å². The van der Waals surface area contributed by atoms with E-state index in [1.54, 1.807) is 56.0 Å². The van der Waals surface area contributed by atoms with Crippen molar-refractivity contribution in [2.24, 2.45) is 0 Å². The van der Waals surface area contributed by atoms with Crippen LogP contribution in [0.15, 0.2) is 54.6 Å². The van der Waals surface area contributed by atoms with Crippen LogP contribution in [-0.2, 0) is 17.6 Å². The van der Waals surface area contributed by atoms with E-state index in [1.165, 1.54) is 6.07 Å². The van der Waals surface area contributed by atoms with Gasteiger partial charge in [-0.05, 0) is 54.8 Å². The molecular weight excluding hydrogens is 504 g/mol. The molecule has 4 aromatic rings. The molecule has 9 heteroatoms. The number of ether oxygens (including phenoxy) is 2. The number of hydrogen-bond donors (Lipinski definition) is 1. The number of carbonyl (C=O) groups is 1. The monoisotopic (exact) mass is 529 g/mol. The number of benzene rings is 3. The van der Waals surface area contributed by atoms with E-state index in [2.05, 4.69) is 10.3 Å². The zero-order chi connectivity index (χ0) is 25.8. The Balaban J connectivity index is 1.57. The van der Waals surface area contributed by atoms with Crippen LogP contribution in [0.2, 0.25) is 10.0 Å². The van der Waals surface area contributed by atoms with Gasteiger partial charge in [0.25, 0.3) is 0 Å². The summed E-state index contributed by atoms with van der Waals surface area (Å²) >= 11 is 12.5. The zero-order valence-corrected chi connectivity index (χ0v) is 21.7. The molecule has 0 saturated carbocycles. The second kappa shape index (κ2) is 11.2. The molecule has 1 unspecified atom stereocenters. The molecule has 0 bridgehead atoms. The lowest BCUT2D eigenvalue weighted by Crippen LogP contribution is -2.33. The van der Waals surface area contributed by atoms with Crippen LogP contribution >= 0.6 is 23.2 Å². The van der Waals surface area contributed by atoms with Crippen molar-refractivity contribution in [1.82, 2.24) is 14.9 Å². The van der Waals surface area contributed by atoms with Crippen LogP contribution in [0.1, 0.15) is 29.9 Å². The molecule has 1 atom stereocenters. The van der Waals surface area contributed by atoms with Gasteiger partial charge < -0.3 is 19.4 Å². The third-order valence-electron chi connectivity index (χ3n) is 6.04. The molecule has 3 aromatic carbocycles. The van der Waals surface area contributed by atoms with Gasteiger partial charge in [-0.15, -0.1) is 0 Å². The minimum atomic E-state index is -0.626. The van der Waals surface area contributed by atoms with E-state index in [0.29, 0.717) is 56.9 Å². The Bertz CT molecular complexity index is 1410. The number of nitrogens with zero attached hydrogens (tertiary/aromatic N) is 2. The maximum atomic E-state index is 14.4. The van der Waals surface area contributed by atoms with Crippen LogP contribution in [0.3, 0.4) is 0 Å². The fourth-order valence-corrected chi connectivity index (χ4v) is 4.46. The summed E-state index contributed by atoms with van der Waals surface area (Å²) < 4.78 is 26.8. The summed E-state index contributed by atoms with van der Waals surface area (Å²) in [6.07, 6.45) is 0.812. The SMILES string of the molecule is COc1ccc(CCNC(=O)C(C)n2c(Cc3ccccc3F)nc3cc(Cl)c(Cl)cc32)cc1OC. The first-order chi connectivity index (χ1) is 17.3. The molecule has 6 nitrogen and oxygen atoms in total. The van der Waals surface area contributed by atoms with Crippen molar-refractivity contribution in [1.29, 1.82) is 0 Å². The number of aromatic nitrogens is 2. The second-order valence-electron chi connectivity index (χ2n) is 8.33. The van der Waals surface area contributed by atoms with Crippen molar-refractivity contribution in [3.05, 3.63) is 87.4 Å². The van der Waals surface area contributed by atoms with E-state index in [4.69, 9.17) is 32.7 Å². The van der Waals surface area contributed by atoms with E-state index in [-0.39, 0.29) is 18.1 Å². The molecule has 1 amide bonds. The third-order valence-corrected chi connectivity index (χ3v) is 6.76. The molecule has 4 rings (SSSR count). The van der Waals surface area contributed by atoms with Gasteiger partial charge in [-0.2, -0.15) is 0 Å². The largest absolute Gasteiger partial charge is 0.493 e. The predicted molar refractivity (Wildman–Crippen MR) is 140 cm³/mol. The van der Waals surface area contributed by atoms with Gasteiger partial charge in [0.2, 0.25) is 5.91 Å². The molecule has 1 N–H and O–H groups in total. The number of hydrogen-bond acceptors (Lipinski definition) is 4. The highest BCUT2D eigenvalue weighted by Crippen LogP contribution is 2.31. The minimum Gasteiger partial charge on any atom is -0.493 e. The molecule has 0 radical (unpaired) electrons. The van der Waals surface area contributed by atoms with Gasteiger partial charge in [-0.3, -0.25) is 4.79 Å². The fraction of sp³-hybridized carbons (Fsp3) is 0.259. The van der Waals surface area contributed by atoms with E-state index >= 15 is 0 Å². The van der Waals surface area contributed by atoms with Gasteiger partial charge in [0.15, 0.2) is 11.5 Å². The number of amides is 1. The highest BCUT2D eigenvalue weighted by Gasteiger charge is 2.23. The summed E-state index contributed by atoms with van der Waals surface area (Å²) in [5, 5.41) is 3.70. The number of nitrogens with one attached hydrogen (secondary N) is 1. The first kappa shape index (κ1) is 25.8. The Morgan fingerprint density at radius 2 is 1.78 bits per heavy atom. The summed E-state index contributed by atoms with van der Waals surface area (Å²) in [7, 11) is 3.17. The molecule has 0 aliphatic carbocycles. The maximum Gasteiger partial charge on any atom is 0.242 e. The number of carbonyl (C=O) groups excluding carboxylic acids is 1. The highest BCUT2D eigenvalue weighted by molar-refractivity contribution is 6.42. The normalized spacial score (nSPS) is 11.9. The topological polar surface area (TPSA) is 65.4 Å². The van der Waals surface area contributed by atoms with E-state index in [9.17, 15) is 9.18 Å². The first-order valence-corrected chi connectivity index (χ1v) is 12.2. The lowest BCUT2D eigenvalue weighted by atomic mass is 10.1. The van der Waals surface area contributed by atoms with Crippen molar-refractivity contribution >= 4 is 40.1 Å². The molecule has 0 spiro atoms. The Kier molecular flexibility index (Phi) is 8.01. The van der Waals surface area contributed by atoms with Crippen LogP contribution in [-0.4, -0.2) is 36.2 Å². The molecule has 0 aliphatic heterocycles. The summed E-state index contributed by atoms with van der Waals surface area (Å²) in [6, 6.07) is 14.9. The number of halogens is 3. The van der Waals surface area contributed by atoms with Gasteiger partial charge in [0.1, 0.15) is 17.7 Å². The highest BCUT2D eigenvalue weighted by atomic mass is 35.5. The van der Waals surface area contributed by atoms with Crippen LogP contribution in [0.4, 0.5) is 4.39 Å². The smallest absolute Gasteiger partial charge is 0.242 e. The molecule has 1 heterocycles. The van der Waals surface area contributed by atoms with Gasteiger partial charge in [0.05, 0.1) is 35.3 Å². The first-order valence-electron chi connectivity index (χ1n) is 11.4. The average Bonchev–Trinajstić information content (AvgIpc) is 3.21. The Labute approximate surface area is 218 Å². The second-order valence-corrected chi connectivity index (χ2v) is 9.14. The van der Waals surface area contributed by atoms with Gasteiger partial charge in [-0.1, -0.05) is 47.5 Å². The zero-order valence-electron chi connectivity index (χ0n) is 20.1. The van der Waals surface area contributed by atoms with Crippen LogP contribution < -0.4 is 14.8 Å². The predicted octanol–water partition coefficient (Wildman–Crippen LogP) is 6.01. The number of imidazole rings is 1. The molecular formula is C27H26Cl2FN3O3. The molecule has 188 valence electrons. The van der Waals surface area contributed by atoms with Gasteiger partial charge in [-0.25, -0.2) is 9.37 Å². The van der Waals surface area contributed by atoms with Crippen molar-refractivity contribution in [3.63, 3.8) is 0 Å². The standard InChI is InChI=1S/C27H26Cl2FN3O3/c1-16(27(34)31-11-10-17-8-9-24(35-2)25(12-17)36-3)33-23-15-20(29)19(28)14-22(23)32-26(33)13-18-6-4-5-7-21(18)30/h4-9,12,14-16H,10-11,13H2,1-3H3,(H,31,34). The third kappa shape index (κ3) is 5.42. The molecule has 0 fully saturated rings. The number of fused-ring (bicyclic) bond motifs is 1. The summed E-state index contributed by atoms with van der Waals surface area (Å²) in [5.74, 6) is 1.28. The average molecular weight is 530 g/mol. The minimum absolute atomic E-state index is 0.198. The Hall–Kier alpha value is -3.29. The van der Waals surface area contributed by atoms with Crippen LogP contribution in [0.5, 0.6) is 11.5 Å². The van der Waals surface area contributed by atoms with Gasteiger partial charge in [0, 0.05) is 13.0 Å². The van der Waals surface area contributed by atoms with Crippen molar-refractivity contribution in [2.45, 2.75) is 25.8 Å². The van der Waals surface area contributed by atoms with Crippen molar-refractivity contribution < 1.29 is 18.7 Å². The number of methoxy groups -OCH3 is 2. The molecule has 1 aromatic heterocycles. The fourth-order valence-electron chi connectivity index (χ4n) is 4.14. The molecule has 0 saturated heterocycles. The van der Waals surface area contributed by atoms with E-state index < -0.39 is 6.04 Å².